The maximum absolute atomic E-state index is 11.7. The lowest BCUT2D eigenvalue weighted by atomic mass is 10.0. The predicted octanol–water partition coefficient (Wildman–Crippen LogP) is 2.28. The number of hydrogen-bond donors (Lipinski definition) is 1. The predicted molar refractivity (Wildman–Crippen MR) is 110 cm³/mol. The molecule has 0 spiro atoms. The SMILES string of the molecule is NC(=O)c1ccc(-c2cnc3nc(N4CCOCC4)oc3c2)c(-c2cccnc2)n1. The Labute approximate surface area is 171 Å². The Hall–Kier alpha value is -3.85. The molecule has 4 aromatic heterocycles. The summed E-state index contributed by atoms with van der Waals surface area (Å²) in [7, 11) is 0. The van der Waals surface area contributed by atoms with Gasteiger partial charge in [-0.3, -0.25) is 9.78 Å². The number of oxazole rings is 1. The van der Waals surface area contributed by atoms with Crippen LogP contribution in [0.4, 0.5) is 6.01 Å². The summed E-state index contributed by atoms with van der Waals surface area (Å²) in [5.41, 5.74) is 9.65. The van der Waals surface area contributed by atoms with Crippen LogP contribution < -0.4 is 10.6 Å². The van der Waals surface area contributed by atoms with Crippen molar-refractivity contribution >= 4 is 23.2 Å². The quantitative estimate of drug-likeness (QED) is 0.552. The molecule has 2 N–H and O–H groups in total. The van der Waals surface area contributed by atoms with Gasteiger partial charge in [0.1, 0.15) is 5.69 Å². The van der Waals surface area contributed by atoms with Crippen LogP contribution in [0.25, 0.3) is 33.6 Å². The highest BCUT2D eigenvalue weighted by atomic mass is 16.5. The second-order valence-corrected chi connectivity index (χ2v) is 6.84. The second-order valence-electron chi connectivity index (χ2n) is 6.84. The molecule has 5 heterocycles. The number of rotatable bonds is 4. The average molecular weight is 402 g/mol. The van der Waals surface area contributed by atoms with E-state index in [2.05, 4.69) is 19.9 Å². The van der Waals surface area contributed by atoms with E-state index in [0.717, 1.165) is 29.8 Å². The fraction of sp³-hybridized carbons (Fsp3) is 0.190. The third-order valence-corrected chi connectivity index (χ3v) is 4.91. The molecule has 0 atom stereocenters. The lowest BCUT2D eigenvalue weighted by molar-refractivity contribution is 0.0995. The van der Waals surface area contributed by atoms with E-state index < -0.39 is 5.91 Å². The number of nitrogens with zero attached hydrogens (tertiary/aromatic N) is 5. The summed E-state index contributed by atoms with van der Waals surface area (Å²) in [6, 6.07) is 9.50. The first kappa shape index (κ1) is 18.2. The maximum atomic E-state index is 11.7. The highest BCUT2D eigenvalue weighted by Crippen LogP contribution is 2.32. The zero-order valence-electron chi connectivity index (χ0n) is 16.0. The van der Waals surface area contributed by atoms with Crippen LogP contribution in [-0.2, 0) is 4.74 Å². The number of carbonyl (C=O) groups is 1. The van der Waals surface area contributed by atoms with E-state index >= 15 is 0 Å². The zero-order chi connectivity index (χ0) is 20.5. The third kappa shape index (κ3) is 3.35. The number of anilines is 1. The van der Waals surface area contributed by atoms with E-state index in [1.807, 2.05) is 23.1 Å². The van der Waals surface area contributed by atoms with E-state index in [1.54, 1.807) is 30.7 Å². The summed E-state index contributed by atoms with van der Waals surface area (Å²) in [6.07, 6.45) is 5.08. The molecule has 1 amide bonds. The van der Waals surface area contributed by atoms with Crippen molar-refractivity contribution in [1.29, 1.82) is 0 Å². The van der Waals surface area contributed by atoms with E-state index in [-0.39, 0.29) is 5.69 Å². The van der Waals surface area contributed by atoms with Gasteiger partial charge < -0.3 is 19.8 Å². The number of fused-ring (bicyclic) bond motifs is 1. The summed E-state index contributed by atoms with van der Waals surface area (Å²) < 4.78 is 11.3. The van der Waals surface area contributed by atoms with Gasteiger partial charge in [-0.15, -0.1) is 0 Å². The van der Waals surface area contributed by atoms with Gasteiger partial charge in [-0.1, -0.05) is 0 Å². The molecule has 5 rings (SSSR count). The van der Waals surface area contributed by atoms with E-state index in [0.29, 0.717) is 36.2 Å². The minimum Gasteiger partial charge on any atom is -0.422 e. The van der Waals surface area contributed by atoms with Gasteiger partial charge in [-0.2, -0.15) is 4.98 Å². The first-order chi connectivity index (χ1) is 14.7. The summed E-state index contributed by atoms with van der Waals surface area (Å²) in [4.78, 5) is 31.3. The smallest absolute Gasteiger partial charge is 0.300 e. The van der Waals surface area contributed by atoms with E-state index in [1.165, 1.54) is 0 Å². The summed E-state index contributed by atoms with van der Waals surface area (Å²) in [5, 5.41) is 0. The molecule has 0 radical (unpaired) electrons. The molecule has 0 aromatic carbocycles. The van der Waals surface area contributed by atoms with Gasteiger partial charge in [0.15, 0.2) is 5.58 Å². The largest absolute Gasteiger partial charge is 0.422 e. The Balaban J connectivity index is 1.60. The highest BCUT2D eigenvalue weighted by Gasteiger charge is 2.19. The number of aromatic nitrogens is 4. The van der Waals surface area contributed by atoms with Crippen molar-refractivity contribution in [2.75, 3.05) is 31.2 Å². The Bertz CT molecular complexity index is 1220. The first-order valence-corrected chi connectivity index (χ1v) is 9.50. The van der Waals surface area contributed by atoms with Gasteiger partial charge in [0.05, 0.1) is 18.9 Å². The van der Waals surface area contributed by atoms with Gasteiger partial charge in [0, 0.05) is 48.4 Å². The lowest BCUT2D eigenvalue weighted by Gasteiger charge is -2.24. The number of ether oxygens (including phenoxy) is 1. The Morgan fingerprint density at radius 3 is 2.70 bits per heavy atom. The minimum atomic E-state index is -0.592. The molecule has 30 heavy (non-hydrogen) atoms. The highest BCUT2D eigenvalue weighted by molar-refractivity contribution is 5.93. The van der Waals surface area contributed by atoms with Crippen molar-refractivity contribution in [1.82, 2.24) is 19.9 Å². The van der Waals surface area contributed by atoms with Gasteiger partial charge in [-0.25, -0.2) is 9.97 Å². The number of carbonyl (C=O) groups excluding carboxylic acids is 1. The van der Waals surface area contributed by atoms with Crippen molar-refractivity contribution in [3.05, 3.63) is 54.6 Å². The van der Waals surface area contributed by atoms with Gasteiger partial charge in [0.2, 0.25) is 5.65 Å². The molecule has 150 valence electrons. The summed E-state index contributed by atoms with van der Waals surface area (Å²) in [5.74, 6) is -0.592. The normalized spacial score (nSPS) is 14.2. The molecule has 0 saturated carbocycles. The minimum absolute atomic E-state index is 0.181. The molecule has 9 nitrogen and oxygen atoms in total. The topological polar surface area (TPSA) is 120 Å². The molecule has 1 fully saturated rings. The number of morpholine rings is 1. The van der Waals surface area contributed by atoms with Crippen LogP contribution in [0.15, 0.2) is 53.3 Å². The molecule has 1 aliphatic heterocycles. The number of pyridine rings is 3. The molecular formula is C21H18N6O3. The van der Waals surface area contributed by atoms with Gasteiger partial charge >= 0.3 is 0 Å². The van der Waals surface area contributed by atoms with Gasteiger partial charge in [0.25, 0.3) is 11.9 Å². The number of hydrogen-bond acceptors (Lipinski definition) is 8. The van der Waals surface area contributed by atoms with Crippen LogP contribution in [0.1, 0.15) is 10.5 Å². The Kier molecular flexibility index (Phi) is 4.56. The second kappa shape index (κ2) is 7.53. The van der Waals surface area contributed by atoms with Crippen LogP contribution in [0.2, 0.25) is 0 Å². The number of primary amides is 1. The molecule has 0 unspecified atom stereocenters. The standard InChI is InChI=1S/C21H18N6O3/c22-19(28)16-4-3-15(18(25-16)13-2-1-5-23-11-13)14-10-17-20(24-12-14)26-21(30-17)27-6-8-29-9-7-27/h1-5,10-12H,6-9H2,(H2,22,28). The van der Waals surface area contributed by atoms with Crippen molar-refractivity contribution in [3.8, 4) is 22.4 Å². The Morgan fingerprint density at radius 1 is 1.07 bits per heavy atom. The molecule has 0 bridgehead atoms. The maximum Gasteiger partial charge on any atom is 0.300 e. The first-order valence-electron chi connectivity index (χ1n) is 9.50. The van der Waals surface area contributed by atoms with E-state index in [9.17, 15) is 4.79 Å². The van der Waals surface area contributed by atoms with Crippen LogP contribution >= 0.6 is 0 Å². The van der Waals surface area contributed by atoms with Crippen LogP contribution in [0, 0.1) is 0 Å². The van der Waals surface area contributed by atoms with Crippen LogP contribution in [-0.4, -0.2) is 52.1 Å². The molecule has 1 aliphatic rings. The van der Waals surface area contributed by atoms with Crippen LogP contribution in [0.3, 0.4) is 0 Å². The average Bonchev–Trinajstić information content (AvgIpc) is 3.23. The monoisotopic (exact) mass is 402 g/mol. The Morgan fingerprint density at radius 2 is 1.93 bits per heavy atom. The summed E-state index contributed by atoms with van der Waals surface area (Å²) in [6.45, 7) is 2.74. The third-order valence-electron chi connectivity index (χ3n) is 4.91. The van der Waals surface area contributed by atoms with Crippen molar-refractivity contribution < 1.29 is 13.9 Å². The zero-order valence-corrected chi connectivity index (χ0v) is 16.0. The van der Waals surface area contributed by atoms with Crippen molar-refractivity contribution in [3.63, 3.8) is 0 Å². The van der Waals surface area contributed by atoms with E-state index in [4.69, 9.17) is 14.9 Å². The molecular weight excluding hydrogens is 384 g/mol. The fourth-order valence-electron chi connectivity index (χ4n) is 3.40. The molecule has 0 aliphatic carbocycles. The number of nitrogens with two attached hydrogens (primary N) is 1. The fourth-order valence-corrected chi connectivity index (χ4v) is 3.40. The van der Waals surface area contributed by atoms with Crippen molar-refractivity contribution in [2.45, 2.75) is 0 Å². The molecule has 1 saturated heterocycles. The lowest BCUT2D eigenvalue weighted by Crippen LogP contribution is -2.36. The van der Waals surface area contributed by atoms with Gasteiger partial charge in [-0.05, 0) is 30.3 Å². The molecule has 4 aromatic rings. The molecule has 9 heteroatoms. The summed E-state index contributed by atoms with van der Waals surface area (Å²) >= 11 is 0. The number of amides is 1. The van der Waals surface area contributed by atoms with Crippen LogP contribution in [0.5, 0.6) is 0 Å². The van der Waals surface area contributed by atoms with Crippen molar-refractivity contribution in [2.24, 2.45) is 5.73 Å².